The Kier molecular flexibility index (Phi) is 3.04. The molecule has 0 aliphatic rings. The fourth-order valence-electron chi connectivity index (χ4n) is 1.90. The van der Waals surface area contributed by atoms with Gasteiger partial charge in [0.25, 0.3) is 0 Å². The van der Waals surface area contributed by atoms with Crippen molar-refractivity contribution >= 4 is 21.6 Å². The highest BCUT2D eigenvalue weighted by Gasteiger charge is 2.15. The Morgan fingerprint density at radius 3 is 3.00 bits per heavy atom. The Morgan fingerprint density at radius 1 is 1.39 bits per heavy atom. The molecule has 92 valence electrons. The van der Waals surface area contributed by atoms with Crippen LogP contribution in [0.15, 0.2) is 30.6 Å². The Labute approximate surface area is 108 Å². The summed E-state index contributed by atoms with van der Waals surface area (Å²) in [4.78, 5) is 8.81. The number of para-hydroxylation sites is 1. The minimum absolute atomic E-state index is 0.119. The zero-order valence-corrected chi connectivity index (χ0v) is 10.7. The molecule has 0 saturated carbocycles. The third-order valence-corrected chi connectivity index (χ3v) is 3.89. The maximum atomic E-state index is 4.63. The minimum Gasteiger partial charge on any atom is -0.310 e. The summed E-state index contributed by atoms with van der Waals surface area (Å²) >= 11 is 1.73. The third kappa shape index (κ3) is 2.12. The zero-order chi connectivity index (χ0) is 12.4. The van der Waals surface area contributed by atoms with E-state index in [1.807, 2.05) is 25.2 Å². The van der Waals surface area contributed by atoms with E-state index in [0.29, 0.717) is 0 Å². The molecule has 2 N–H and O–H groups in total. The number of hydrogen-bond acceptors (Lipinski definition) is 5. The number of aromatic nitrogens is 4. The molecule has 0 fully saturated rings. The third-order valence-electron chi connectivity index (χ3n) is 2.83. The summed E-state index contributed by atoms with van der Waals surface area (Å²) in [6.07, 6.45) is 2.34. The van der Waals surface area contributed by atoms with Crippen LogP contribution in [0.25, 0.3) is 10.2 Å². The number of likely N-dealkylation sites (N-methyl/N-ethyl adjacent to an activating group) is 1. The Balaban J connectivity index is 1.86. The van der Waals surface area contributed by atoms with Crippen LogP contribution in [0.1, 0.15) is 16.9 Å². The van der Waals surface area contributed by atoms with E-state index in [1.165, 1.54) is 11.0 Å². The predicted molar refractivity (Wildman–Crippen MR) is 71.5 cm³/mol. The van der Waals surface area contributed by atoms with Gasteiger partial charge in [-0.3, -0.25) is 5.10 Å². The van der Waals surface area contributed by atoms with Gasteiger partial charge in [-0.1, -0.05) is 12.1 Å². The molecule has 3 aromatic rings. The van der Waals surface area contributed by atoms with Gasteiger partial charge in [-0.25, -0.2) is 9.97 Å². The fraction of sp³-hybridized carbons (Fsp3) is 0.250. The van der Waals surface area contributed by atoms with Crippen LogP contribution in [0.3, 0.4) is 0 Å². The van der Waals surface area contributed by atoms with Crippen LogP contribution in [0.4, 0.5) is 0 Å². The lowest BCUT2D eigenvalue weighted by Crippen LogP contribution is -2.20. The molecule has 18 heavy (non-hydrogen) atoms. The lowest BCUT2D eigenvalue weighted by molar-refractivity contribution is 0.559. The van der Waals surface area contributed by atoms with Crippen molar-refractivity contribution in [2.24, 2.45) is 0 Å². The fourth-order valence-corrected chi connectivity index (χ4v) is 2.91. The van der Waals surface area contributed by atoms with Crippen LogP contribution in [-0.4, -0.2) is 27.2 Å². The zero-order valence-electron chi connectivity index (χ0n) is 9.92. The molecule has 2 heterocycles. The Morgan fingerprint density at radius 2 is 2.28 bits per heavy atom. The average Bonchev–Trinajstić information content (AvgIpc) is 3.04. The van der Waals surface area contributed by atoms with E-state index in [9.17, 15) is 0 Å². The van der Waals surface area contributed by atoms with E-state index < -0.39 is 0 Å². The predicted octanol–water partition coefficient (Wildman–Crippen LogP) is 1.92. The van der Waals surface area contributed by atoms with Crippen molar-refractivity contribution in [3.63, 3.8) is 0 Å². The van der Waals surface area contributed by atoms with Crippen LogP contribution in [-0.2, 0) is 6.42 Å². The van der Waals surface area contributed by atoms with Crippen LogP contribution in [0, 0.1) is 0 Å². The van der Waals surface area contributed by atoms with Gasteiger partial charge in [0.15, 0.2) is 0 Å². The van der Waals surface area contributed by atoms with Gasteiger partial charge in [-0.2, -0.15) is 5.10 Å². The Hall–Kier alpha value is -1.79. The maximum absolute atomic E-state index is 4.63. The summed E-state index contributed by atoms with van der Waals surface area (Å²) in [6, 6.07) is 8.30. The molecule has 6 heteroatoms. The van der Waals surface area contributed by atoms with Crippen LogP contribution >= 0.6 is 11.3 Å². The van der Waals surface area contributed by atoms with E-state index in [2.05, 4.69) is 31.5 Å². The number of aromatic amines is 1. The number of benzene rings is 1. The summed E-state index contributed by atoms with van der Waals surface area (Å²) in [5.41, 5.74) is 1.06. The van der Waals surface area contributed by atoms with Gasteiger partial charge in [-0.05, 0) is 19.2 Å². The normalized spacial score (nSPS) is 12.9. The summed E-state index contributed by atoms with van der Waals surface area (Å²) in [5.74, 6) is 0.844. The molecule has 0 aliphatic heterocycles. The molecule has 3 rings (SSSR count). The number of nitrogens with one attached hydrogen (secondary N) is 2. The van der Waals surface area contributed by atoms with Crippen molar-refractivity contribution in [3.05, 3.63) is 41.4 Å². The van der Waals surface area contributed by atoms with E-state index in [-0.39, 0.29) is 6.04 Å². The first-order chi connectivity index (χ1) is 8.86. The second-order valence-electron chi connectivity index (χ2n) is 3.99. The minimum atomic E-state index is 0.119. The van der Waals surface area contributed by atoms with Gasteiger partial charge in [0.2, 0.25) is 0 Å². The van der Waals surface area contributed by atoms with Gasteiger partial charge in [0, 0.05) is 6.42 Å². The van der Waals surface area contributed by atoms with Crippen molar-refractivity contribution < 1.29 is 0 Å². The van der Waals surface area contributed by atoms with Gasteiger partial charge < -0.3 is 5.32 Å². The molecular formula is C12H13N5S. The lowest BCUT2D eigenvalue weighted by atomic mass is 10.2. The number of fused-ring (bicyclic) bond motifs is 1. The standard InChI is InChI=1S/C12H13N5S/c1-13-9(12-14-7-15-17-12)6-11-16-8-4-2-3-5-10(8)18-11/h2-5,7,9,13H,6H2,1H3,(H,14,15,17). The molecule has 1 atom stereocenters. The van der Waals surface area contributed by atoms with E-state index >= 15 is 0 Å². The van der Waals surface area contributed by atoms with E-state index in [1.54, 1.807) is 11.3 Å². The SMILES string of the molecule is CNC(Cc1nc2ccccc2s1)c1ncn[nH]1. The first kappa shape index (κ1) is 11.3. The molecule has 0 bridgehead atoms. The van der Waals surface area contributed by atoms with Crippen molar-refractivity contribution in [1.82, 2.24) is 25.5 Å². The van der Waals surface area contributed by atoms with E-state index in [4.69, 9.17) is 0 Å². The lowest BCUT2D eigenvalue weighted by Gasteiger charge is -2.10. The average molecular weight is 259 g/mol. The monoisotopic (exact) mass is 259 g/mol. The van der Waals surface area contributed by atoms with Crippen molar-refractivity contribution in [3.8, 4) is 0 Å². The molecular weight excluding hydrogens is 246 g/mol. The van der Waals surface area contributed by atoms with Gasteiger partial charge >= 0.3 is 0 Å². The van der Waals surface area contributed by atoms with Gasteiger partial charge in [-0.15, -0.1) is 11.3 Å². The molecule has 0 amide bonds. The summed E-state index contributed by atoms with van der Waals surface area (Å²) in [6.45, 7) is 0. The number of hydrogen-bond donors (Lipinski definition) is 2. The molecule has 5 nitrogen and oxygen atoms in total. The molecule has 2 aromatic heterocycles. The highest BCUT2D eigenvalue weighted by molar-refractivity contribution is 7.18. The summed E-state index contributed by atoms with van der Waals surface area (Å²) in [7, 11) is 1.92. The van der Waals surface area contributed by atoms with Crippen LogP contribution < -0.4 is 5.32 Å². The number of thiazole rings is 1. The van der Waals surface area contributed by atoms with Crippen molar-refractivity contribution in [2.75, 3.05) is 7.05 Å². The smallest absolute Gasteiger partial charge is 0.141 e. The molecule has 1 unspecified atom stereocenters. The molecule has 0 radical (unpaired) electrons. The molecule has 0 spiro atoms. The second kappa shape index (κ2) is 4.83. The molecule has 1 aromatic carbocycles. The van der Waals surface area contributed by atoms with E-state index in [0.717, 1.165) is 22.8 Å². The maximum Gasteiger partial charge on any atom is 0.141 e. The van der Waals surface area contributed by atoms with Crippen LogP contribution in [0.5, 0.6) is 0 Å². The highest BCUT2D eigenvalue weighted by atomic mass is 32.1. The van der Waals surface area contributed by atoms with Gasteiger partial charge in [0.1, 0.15) is 12.2 Å². The first-order valence-corrected chi connectivity index (χ1v) is 6.55. The largest absolute Gasteiger partial charge is 0.310 e. The highest BCUT2D eigenvalue weighted by Crippen LogP contribution is 2.24. The van der Waals surface area contributed by atoms with Crippen molar-refractivity contribution in [1.29, 1.82) is 0 Å². The van der Waals surface area contributed by atoms with Crippen LogP contribution in [0.2, 0.25) is 0 Å². The first-order valence-electron chi connectivity index (χ1n) is 5.74. The second-order valence-corrected chi connectivity index (χ2v) is 5.11. The number of nitrogens with zero attached hydrogens (tertiary/aromatic N) is 3. The quantitative estimate of drug-likeness (QED) is 0.751. The number of rotatable bonds is 4. The van der Waals surface area contributed by atoms with Crippen molar-refractivity contribution in [2.45, 2.75) is 12.5 Å². The topological polar surface area (TPSA) is 66.5 Å². The number of H-pyrrole nitrogens is 1. The van der Waals surface area contributed by atoms with Gasteiger partial charge in [0.05, 0.1) is 21.3 Å². The summed E-state index contributed by atoms with van der Waals surface area (Å²) in [5, 5.41) is 11.1. The molecule has 0 aliphatic carbocycles. The Bertz CT molecular complexity index is 598. The molecule has 0 saturated heterocycles. The summed E-state index contributed by atoms with van der Waals surface area (Å²) < 4.78 is 1.22.